The molecule has 11 heavy (non-hydrogen) atoms. The lowest BCUT2D eigenvalue weighted by atomic mass is 10.1. The molecule has 0 heterocycles. The van der Waals surface area contributed by atoms with Crippen molar-refractivity contribution in [3.05, 3.63) is 0 Å². The first-order valence-corrected chi connectivity index (χ1v) is 3.84. The second kappa shape index (κ2) is 6.12. The van der Waals surface area contributed by atoms with Crippen LogP contribution in [0.3, 0.4) is 0 Å². The summed E-state index contributed by atoms with van der Waals surface area (Å²) in [5, 5.41) is 8.34. The summed E-state index contributed by atoms with van der Waals surface area (Å²) in [5.41, 5.74) is 10.8. The van der Waals surface area contributed by atoms with Gasteiger partial charge in [0.05, 0.1) is 6.42 Å². The number of carboxylic acid groups (broad SMARTS) is 1. The van der Waals surface area contributed by atoms with Crippen LogP contribution in [0, 0.1) is 0 Å². The van der Waals surface area contributed by atoms with E-state index >= 15 is 0 Å². The maximum atomic E-state index is 10.1. The second-order valence-corrected chi connectivity index (χ2v) is 2.64. The minimum Gasteiger partial charge on any atom is -0.481 e. The van der Waals surface area contributed by atoms with E-state index in [-0.39, 0.29) is 12.5 Å². The van der Waals surface area contributed by atoms with Gasteiger partial charge in [0, 0.05) is 6.04 Å². The maximum absolute atomic E-state index is 10.1. The predicted molar refractivity (Wildman–Crippen MR) is 43.1 cm³/mol. The van der Waals surface area contributed by atoms with Crippen LogP contribution in [0.1, 0.15) is 25.7 Å². The summed E-state index contributed by atoms with van der Waals surface area (Å²) >= 11 is 0. The topological polar surface area (TPSA) is 89.3 Å². The molecular formula is C7H16N2O2. The van der Waals surface area contributed by atoms with Crippen molar-refractivity contribution >= 4 is 5.97 Å². The molecule has 66 valence electrons. The van der Waals surface area contributed by atoms with Crippen molar-refractivity contribution in [1.82, 2.24) is 0 Å². The Morgan fingerprint density at radius 2 is 2.09 bits per heavy atom. The summed E-state index contributed by atoms with van der Waals surface area (Å²) in [6, 6.07) is -0.209. The zero-order valence-electron chi connectivity index (χ0n) is 6.62. The lowest BCUT2D eigenvalue weighted by molar-refractivity contribution is -0.137. The van der Waals surface area contributed by atoms with Crippen LogP contribution >= 0.6 is 0 Å². The zero-order chi connectivity index (χ0) is 8.69. The normalized spacial score (nSPS) is 12.9. The van der Waals surface area contributed by atoms with Crippen molar-refractivity contribution in [2.75, 3.05) is 6.54 Å². The van der Waals surface area contributed by atoms with Gasteiger partial charge in [-0.1, -0.05) is 6.42 Å². The Morgan fingerprint density at radius 3 is 2.55 bits per heavy atom. The Labute approximate surface area is 66.6 Å². The first kappa shape index (κ1) is 10.4. The summed E-state index contributed by atoms with van der Waals surface area (Å²) < 4.78 is 0. The molecule has 0 fully saturated rings. The van der Waals surface area contributed by atoms with E-state index in [0.29, 0.717) is 6.54 Å². The third kappa shape index (κ3) is 7.29. The van der Waals surface area contributed by atoms with Crippen LogP contribution in [0.4, 0.5) is 0 Å². The van der Waals surface area contributed by atoms with Crippen LogP contribution in [0.5, 0.6) is 0 Å². The standard InChI is InChI=1S/C7H16N2O2/c8-4-2-1-3-6(9)5-7(10)11/h6H,1-5,8-9H2,(H,10,11)/t6-/m1/s1. The molecule has 4 nitrogen and oxygen atoms in total. The van der Waals surface area contributed by atoms with Crippen molar-refractivity contribution in [1.29, 1.82) is 0 Å². The Kier molecular flexibility index (Phi) is 5.78. The smallest absolute Gasteiger partial charge is 0.304 e. The van der Waals surface area contributed by atoms with E-state index in [9.17, 15) is 4.79 Å². The number of nitrogens with two attached hydrogens (primary N) is 2. The highest BCUT2D eigenvalue weighted by Crippen LogP contribution is 2.00. The van der Waals surface area contributed by atoms with Gasteiger partial charge in [0.2, 0.25) is 0 Å². The number of hydrogen-bond donors (Lipinski definition) is 3. The molecule has 0 aromatic rings. The Bertz CT molecular complexity index is 117. The van der Waals surface area contributed by atoms with Gasteiger partial charge in [0.25, 0.3) is 0 Å². The molecule has 0 saturated heterocycles. The number of carbonyl (C=O) groups is 1. The van der Waals surface area contributed by atoms with E-state index < -0.39 is 5.97 Å². The highest BCUT2D eigenvalue weighted by atomic mass is 16.4. The Morgan fingerprint density at radius 1 is 1.45 bits per heavy atom. The lowest BCUT2D eigenvalue weighted by Gasteiger charge is -2.06. The predicted octanol–water partition coefficient (Wildman–Crippen LogP) is -0.0826. The molecule has 0 aliphatic heterocycles. The van der Waals surface area contributed by atoms with Crippen LogP contribution in [0.2, 0.25) is 0 Å². The SMILES string of the molecule is NCCCC[C@@H](N)CC(=O)O. The third-order valence-corrected chi connectivity index (χ3v) is 1.47. The molecule has 0 amide bonds. The van der Waals surface area contributed by atoms with Gasteiger partial charge < -0.3 is 16.6 Å². The fourth-order valence-electron chi connectivity index (χ4n) is 0.877. The summed E-state index contributed by atoms with van der Waals surface area (Å²) in [5.74, 6) is -0.828. The molecule has 0 aromatic heterocycles. The Balaban J connectivity index is 3.22. The maximum Gasteiger partial charge on any atom is 0.304 e. The second-order valence-electron chi connectivity index (χ2n) is 2.64. The van der Waals surface area contributed by atoms with Gasteiger partial charge in [0.1, 0.15) is 0 Å². The number of carboxylic acids is 1. The molecule has 4 heteroatoms. The molecule has 0 rings (SSSR count). The van der Waals surface area contributed by atoms with Gasteiger partial charge in [-0.25, -0.2) is 0 Å². The minimum atomic E-state index is -0.828. The fourth-order valence-corrected chi connectivity index (χ4v) is 0.877. The van der Waals surface area contributed by atoms with Crippen molar-refractivity contribution in [2.24, 2.45) is 11.5 Å². The van der Waals surface area contributed by atoms with Crippen molar-refractivity contribution in [3.8, 4) is 0 Å². The van der Waals surface area contributed by atoms with Crippen LogP contribution < -0.4 is 11.5 Å². The van der Waals surface area contributed by atoms with E-state index in [1.165, 1.54) is 0 Å². The molecule has 0 aliphatic carbocycles. The largest absolute Gasteiger partial charge is 0.481 e. The molecule has 0 saturated carbocycles. The molecule has 0 spiro atoms. The van der Waals surface area contributed by atoms with Crippen LogP contribution in [-0.2, 0) is 4.79 Å². The third-order valence-electron chi connectivity index (χ3n) is 1.47. The first-order valence-electron chi connectivity index (χ1n) is 3.84. The highest BCUT2D eigenvalue weighted by Gasteiger charge is 2.06. The molecule has 0 aliphatic rings. The number of aliphatic carboxylic acids is 1. The van der Waals surface area contributed by atoms with Gasteiger partial charge >= 0.3 is 5.97 Å². The van der Waals surface area contributed by atoms with Gasteiger partial charge in [-0.05, 0) is 19.4 Å². The number of hydrogen-bond acceptors (Lipinski definition) is 3. The molecule has 5 N–H and O–H groups in total. The monoisotopic (exact) mass is 160 g/mol. The minimum absolute atomic E-state index is 0.0601. The van der Waals surface area contributed by atoms with Crippen LogP contribution in [0.25, 0.3) is 0 Å². The number of unbranched alkanes of at least 4 members (excludes halogenated alkanes) is 1. The molecule has 1 atom stereocenters. The summed E-state index contributed by atoms with van der Waals surface area (Å²) in [6.45, 7) is 0.653. The Hall–Kier alpha value is -0.610. The van der Waals surface area contributed by atoms with Crippen molar-refractivity contribution in [3.63, 3.8) is 0 Å². The van der Waals surface area contributed by atoms with Gasteiger partial charge in [0.15, 0.2) is 0 Å². The molecular weight excluding hydrogens is 144 g/mol. The molecule has 0 aromatic carbocycles. The van der Waals surface area contributed by atoms with Gasteiger partial charge in [-0.15, -0.1) is 0 Å². The summed E-state index contributed by atoms with van der Waals surface area (Å²) in [4.78, 5) is 10.1. The van der Waals surface area contributed by atoms with Crippen molar-refractivity contribution in [2.45, 2.75) is 31.7 Å². The zero-order valence-corrected chi connectivity index (χ0v) is 6.62. The van der Waals surface area contributed by atoms with Crippen LogP contribution in [-0.4, -0.2) is 23.7 Å². The molecule has 0 bridgehead atoms. The number of rotatable bonds is 6. The van der Waals surface area contributed by atoms with Gasteiger partial charge in [-0.3, -0.25) is 4.79 Å². The van der Waals surface area contributed by atoms with E-state index in [1.54, 1.807) is 0 Å². The van der Waals surface area contributed by atoms with E-state index in [1.807, 2.05) is 0 Å². The van der Waals surface area contributed by atoms with Crippen LogP contribution in [0.15, 0.2) is 0 Å². The summed E-state index contributed by atoms with van der Waals surface area (Å²) in [7, 11) is 0. The lowest BCUT2D eigenvalue weighted by Crippen LogP contribution is -2.23. The van der Waals surface area contributed by atoms with Crippen molar-refractivity contribution < 1.29 is 9.90 Å². The quantitative estimate of drug-likeness (QED) is 0.474. The average Bonchev–Trinajstić information content (AvgIpc) is 1.86. The van der Waals surface area contributed by atoms with E-state index in [4.69, 9.17) is 16.6 Å². The van der Waals surface area contributed by atoms with E-state index in [2.05, 4.69) is 0 Å². The molecule has 0 unspecified atom stereocenters. The summed E-state index contributed by atoms with van der Waals surface area (Å²) in [6.07, 6.45) is 2.66. The van der Waals surface area contributed by atoms with Gasteiger partial charge in [-0.2, -0.15) is 0 Å². The highest BCUT2D eigenvalue weighted by molar-refractivity contribution is 5.67. The van der Waals surface area contributed by atoms with E-state index in [0.717, 1.165) is 19.3 Å². The average molecular weight is 160 g/mol. The first-order chi connectivity index (χ1) is 5.16. The fraction of sp³-hybridized carbons (Fsp3) is 0.857. The molecule has 0 radical (unpaired) electrons.